The number of aromatic nitrogens is 2. The number of hydrogen-bond donors (Lipinski definition) is 2. The molecule has 0 saturated carbocycles. The highest BCUT2D eigenvalue weighted by atomic mass is 19.1. The van der Waals surface area contributed by atoms with E-state index in [1.807, 2.05) is 6.92 Å². The summed E-state index contributed by atoms with van der Waals surface area (Å²) in [4.78, 5) is 7.90. The van der Waals surface area contributed by atoms with E-state index in [-0.39, 0.29) is 11.9 Å². The molecule has 0 radical (unpaired) electrons. The molecule has 1 heterocycles. The van der Waals surface area contributed by atoms with Crippen LogP contribution in [0.25, 0.3) is 0 Å². The van der Waals surface area contributed by atoms with Crippen LogP contribution in [-0.4, -0.2) is 16.0 Å². The van der Waals surface area contributed by atoms with Crippen molar-refractivity contribution in [2.24, 2.45) is 0 Å². The summed E-state index contributed by atoms with van der Waals surface area (Å²) in [5.41, 5.74) is 5.85. The van der Waals surface area contributed by atoms with E-state index in [1.165, 1.54) is 6.20 Å². The lowest BCUT2D eigenvalue weighted by Gasteiger charge is -2.11. The Morgan fingerprint density at radius 3 is 2.86 bits per heavy atom. The van der Waals surface area contributed by atoms with Gasteiger partial charge in [-0.05, 0) is 13.3 Å². The smallest absolute Gasteiger partial charge is 0.224 e. The molecule has 0 fully saturated rings. The van der Waals surface area contributed by atoms with Crippen molar-refractivity contribution in [3.05, 3.63) is 11.8 Å². The second-order valence-electron chi connectivity index (χ2n) is 3.19. The molecule has 78 valence electrons. The van der Waals surface area contributed by atoms with Crippen molar-refractivity contribution < 1.29 is 4.39 Å². The van der Waals surface area contributed by atoms with Crippen LogP contribution in [0.1, 0.15) is 25.8 Å². The van der Waals surface area contributed by atoms with E-state index in [2.05, 4.69) is 22.2 Å². The Hall–Kier alpha value is -1.39. The lowest BCUT2D eigenvalue weighted by atomic mass is 10.3. The number of nitrogens with one attached hydrogen (secondary N) is 1. The van der Waals surface area contributed by atoms with Crippen molar-refractivity contribution in [3.8, 4) is 0 Å². The van der Waals surface area contributed by atoms with Gasteiger partial charge >= 0.3 is 0 Å². The van der Waals surface area contributed by atoms with Crippen molar-refractivity contribution in [2.75, 3.05) is 11.1 Å². The molecule has 1 atom stereocenters. The number of nitrogen functional groups attached to an aromatic ring is 1. The number of anilines is 2. The molecule has 1 aromatic heterocycles. The van der Waals surface area contributed by atoms with Crippen LogP contribution in [0.3, 0.4) is 0 Å². The molecule has 14 heavy (non-hydrogen) atoms. The fraction of sp³-hybridized carbons (Fsp3) is 0.556. The third kappa shape index (κ3) is 2.55. The van der Waals surface area contributed by atoms with Gasteiger partial charge in [-0.25, -0.2) is 9.37 Å². The maximum Gasteiger partial charge on any atom is 0.224 e. The maximum absolute atomic E-state index is 12.3. The Morgan fingerprint density at radius 1 is 1.64 bits per heavy atom. The van der Waals surface area contributed by atoms with Crippen LogP contribution in [0.5, 0.6) is 0 Å². The molecule has 0 bridgehead atoms. The lowest BCUT2D eigenvalue weighted by molar-refractivity contribution is 0.484. The third-order valence-corrected chi connectivity index (χ3v) is 2.03. The average molecular weight is 198 g/mol. The topological polar surface area (TPSA) is 63.8 Å². The van der Waals surface area contributed by atoms with E-state index < -0.39 is 6.67 Å². The second kappa shape index (κ2) is 4.74. The van der Waals surface area contributed by atoms with E-state index in [4.69, 9.17) is 5.73 Å². The molecule has 0 saturated heterocycles. The first-order valence-electron chi connectivity index (χ1n) is 4.61. The van der Waals surface area contributed by atoms with Crippen molar-refractivity contribution >= 4 is 11.8 Å². The zero-order valence-corrected chi connectivity index (χ0v) is 8.42. The Balaban J connectivity index is 2.76. The maximum atomic E-state index is 12.3. The van der Waals surface area contributed by atoms with Crippen LogP contribution in [0.2, 0.25) is 0 Å². The van der Waals surface area contributed by atoms with Gasteiger partial charge < -0.3 is 11.1 Å². The van der Waals surface area contributed by atoms with Crippen molar-refractivity contribution in [3.63, 3.8) is 0 Å². The number of nitrogens with two attached hydrogens (primary N) is 1. The minimum absolute atomic E-state index is 0.202. The van der Waals surface area contributed by atoms with Crippen LogP contribution in [-0.2, 0) is 6.67 Å². The first-order valence-corrected chi connectivity index (χ1v) is 4.61. The van der Waals surface area contributed by atoms with E-state index in [1.54, 1.807) is 0 Å². The average Bonchev–Trinajstić information content (AvgIpc) is 2.18. The van der Waals surface area contributed by atoms with Gasteiger partial charge in [-0.1, -0.05) is 6.92 Å². The minimum atomic E-state index is -0.630. The fourth-order valence-electron chi connectivity index (χ4n) is 0.915. The highest BCUT2D eigenvalue weighted by Gasteiger charge is 2.05. The van der Waals surface area contributed by atoms with Gasteiger partial charge in [0, 0.05) is 17.8 Å². The number of halogens is 1. The molecule has 1 rings (SSSR count). The van der Waals surface area contributed by atoms with Gasteiger partial charge in [-0.2, -0.15) is 4.98 Å². The van der Waals surface area contributed by atoms with E-state index in [0.29, 0.717) is 11.5 Å². The third-order valence-electron chi connectivity index (χ3n) is 2.03. The number of rotatable bonds is 4. The highest BCUT2D eigenvalue weighted by molar-refractivity contribution is 5.42. The van der Waals surface area contributed by atoms with E-state index in [0.717, 1.165) is 6.42 Å². The molecule has 0 amide bonds. The summed E-state index contributed by atoms with van der Waals surface area (Å²) >= 11 is 0. The Labute approximate surface area is 82.8 Å². The van der Waals surface area contributed by atoms with Crippen LogP contribution >= 0.6 is 0 Å². The van der Waals surface area contributed by atoms with Gasteiger partial charge in [0.1, 0.15) is 12.5 Å². The lowest BCUT2D eigenvalue weighted by Crippen LogP contribution is -2.16. The summed E-state index contributed by atoms with van der Waals surface area (Å²) in [5, 5.41) is 3.06. The highest BCUT2D eigenvalue weighted by Crippen LogP contribution is 2.11. The summed E-state index contributed by atoms with van der Waals surface area (Å²) in [6, 6.07) is 0.283. The van der Waals surface area contributed by atoms with Crippen LogP contribution in [0.15, 0.2) is 6.20 Å². The largest absolute Gasteiger partial charge is 0.383 e. The summed E-state index contributed by atoms with van der Waals surface area (Å²) in [5.74, 6) is 0.655. The molecule has 5 heteroatoms. The zero-order chi connectivity index (χ0) is 10.6. The molecule has 4 nitrogen and oxygen atoms in total. The summed E-state index contributed by atoms with van der Waals surface area (Å²) in [7, 11) is 0. The molecule has 0 unspecified atom stereocenters. The standard InChI is InChI=1S/C9H15FN4/c1-3-6(2)13-9-12-5-7(4-10)8(11)14-9/h5-6H,3-4H2,1-2H3,(H3,11,12,13,14)/t6-/m0/s1. The van der Waals surface area contributed by atoms with Gasteiger partial charge in [0.2, 0.25) is 5.95 Å². The van der Waals surface area contributed by atoms with Gasteiger partial charge in [0.05, 0.1) is 0 Å². The molecular weight excluding hydrogens is 183 g/mol. The van der Waals surface area contributed by atoms with Gasteiger partial charge in [-0.15, -0.1) is 0 Å². The van der Waals surface area contributed by atoms with Gasteiger partial charge in [0.25, 0.3) is 0 Å². The monoisotopic (exact) mass is 198 g/mol. The zero-order valence-electron chi connectivity index (χ0n) is 8.42. The molecule has 0 aliphatic carbocycles. The molecule has 0 aliphatic rings. The molecule has 0 aromatic carbocycles. The molecule has 1 aromatic rings. The summed E-state index contributed by atoms with van der Waals surface area (Å²) < 4.78 is 12.3. The Bertz CT molecular complexity index is 303. The van der Waals surface area contributed by atoms with Gasteiger partial charge in [-0.3, -0.25) is 0 Å². The second-order valence-corrected chi connectivity index (χ2v) is 3.19. The van der Waals surface area contributed by atoms with Gasteiger partial charge in [0.15, 0.2) is 0 Å². The molecule has 0 aliphatic heterocycles. The van der Waals surface area contributed by atoms with Crippen LogP contribution < -0.4 is 11.1 Å². The van der Waals surface area contributed by atoms with Crippen LogP contribution in [0, 0.1) is 0 Å². The molecular formula is C9H15FN4. The minimum Gasteiger partial charge on any atom is -0.383 e. The Kier molecular flexibility index (Phi) is 3.62. The fourth-order valence-corrected chi connectivity index (χ4v) is 0.915. The summed E-state index contributed by atoms with van der Waals surface area (Å²) in [6.07, 6.45) is 2.38. The predicted molar refractivity (Wildman–Crippen MR) is 54.6 cm³/mol. The SMILES string of the molecule is CC[C@H](C)Nc1ncc(CF)c(N)n1. The first kappa shape index (κ1) is 10.7. The van der Waals surface area contributed by atoms with E-state index >= 15 is 0 Å². The van der Waals surface area contributed by atoms with Crippen molar-refractivity contribution in [1.82, 2.24) is 9.97 Å². The van der Waals surface area contributed by atoms with Crippen molar-refractivity contribution in [1.29, 1.82) is 0 Å². The Morgan fingerprint density at radius 2 is 2.36 bits per heavy atom. The number of hydrogen-bond acceptors (Lipinski definition) is 4. The van der Waals surface area contributed by atoms with Crippen LogP contribution in [0.4, 0.5) is 16.2 Å². The quantitative estimate of drug-likeness (QED) is 0.773. The number of alkyl halides is 1. The normalized spacial score (nSPS) is 12.5. The van der Waals surface area contributed by atoms with Crippen molar-refractivity contribution in [2.45, 2.75) is 33.0 Å². The van der Waals surface area contributed by atoms with E-state index in [9.17, 15) is 4.39 Å². The molecule has 0 spiro atoms. The first-order chi connectivity index (χ1) is 6.67. The number of nitrogens with zero attached hydrogens (tertiary/aromatic N) is 2. The predicted octanol–water partition coefficient (Wildman–Crippen LogP) is 1.74. The molecule has 3 N–H and O–H groups in total. The summed E-state index contributed by atoms with van der Waals surface area (Å²) in [6.45, 7) is 3.44.